The van der Waals surface area contributed by atoms with E-state index in [0.29, 0.717) is 6.42 Å². The highest BCUT2D eigenvalue weighted by Crippen LogP contribution is 2.36. The molecule has 1 fully saturated rings. The molecule has 1 saturated heterocycles. The summed E-state index contributed by atoms with van der Waals surface area (Å²) in [5.41, 5.74) is 6.53. The maximum Gasteiger partial charge on any atom is 0.163 e. The number of Topliss-reactive ketones (excluding diaryl/α,β-unsaturated/α-hetero) is 1. The number of ketones is 1. The number of carbonyl (C=O) groups excluding carboxylic acids is 1. The molecule has 0 saturated carbocycles. The minimum atomic E-state index is 0.0596. The van der Waals surface area contributed by atoms with E-state index in [2.05, 4.69) is 78.3 Å². The molecule has 1 aliphatic heterocycles. The highest BCUT2D eigenvalue weighted by molar-refractivity contribution is 6.21. The number of likely N-dealkylation sites (tertiary alicyclic amines) is 1. The van der Waals surface area contributed by atoms with Gasteiger partial charge in [0, 0.05) is 41.2 Å². The molecule has 2 aliphatic rings. The summed E-state index contributed by atoms with van der Waals surface area (Å²) in [7, 11) is 0. The summed E-state index contributed by atoms with van der Waals surface area (Å²) >= 11 is 0. The van der Waals surface area contributed by atoms with Crippen molar-refractivity contribution in [3.05, 3.63) is 65.9 Å². The summed E-state index contributed by atoms with van der Waals surface area (Å²) in [6.45, 7) is 6.52. The molecule has 166 valence electrons. The van der Waals surface area contributed by atoms with E-state index < -0.39 is 0 Å². The van der Waals surface area contributed by atoms with Crippen molar-refractivity contribution in [1.82, 2.24) is 9.88 Å². The van der Waals surface area contributed by atoms with Crippen LogP contribution in [0.25, 0.3) is 27.6 Å². The molecule has 32 heavy (non-hydrogen) atoms. The number of aliphatic hydroxyl groups is 1. The Balaban J connectivity index is 1.43. The number of carbonyl (C=O) groups is 1. The van der Waals surface area contributed by atoms with Crippen LogP contribution in [-0.4, -0.2) is 40.0 Å². The summed E-state index contributed by atoms with van der Waals surface area (Å²) in [6, 6.07) is 17.4. The normalized spacial score (nSPS) is 21.3. The van der Waals surface area contributed by atoms with Gasteiger partial charge in [-0.05, 0) is 72.2 Å². The van der Waals surface area contributed by atoms with Crippen molar-refractivity contribution in [2.75, 3.05) is 13.2 Å². The minimum absolute atomic E-state index is 0.0596. The maximum absolute atomic E-state index is 12.6. The van der Waals surface area contributed by atoms with E-state index >= 15 is 0 Å². The van der Waals surface area contributed by atoms with Crippen LogP contribution in [0.1, 0.15) is 50.8 Å². The Morgan fingerprint density at radius 3 is 2.75 bits per heavy atom. The van der Waals surface area contributed by atoms with E-state index in [9.17, 15) is 9.90 Å². The maximum atomic E-state index is 12.6. The van der Waals surface area contributed by atoms with Crippen molar-refractivity contribution < 1.29 is 9.90 Å². The third-order valence-corrected chi connectivity index (χ3v) is 7.10. The highest BCUT2D eigenvalue weighted by atomic mass is 16.3. The molecule has 1 aromatic heterocycles. The van der Waals surface area contributed by atoms with Gasteiger partial charge in [0.1, 0.15) is 0 Å². The van der Waals surface area contributed by atoms with Crippen molar-refractivity contribution in [2.45, 2.75) is 52.1 Å². The van der Waals surface area contributed by atoms with Crippen LogP contribution in [0, 0.1) is 5.41 Å². The lowest BCUT2D eigenvalue weighted by molar-refractivity contribution is -0.114. The number of hydrogen-bond donors (Lipinski definition) is 2. The number of fused-ring (bicyclic) bond motifs is 1. The summed E-state index contributed by atoms with van der Waals surface area (Å²) in [5.74, 6) is 0.246. The van der Waals surface area contributed by atoms with Crippen LogP contribution < -0.4 is 0 Å². The van der Waals surface area contributed by atoms with Crippen molar-refractivity contribution >= 4 is 22.3 Å². The Morgan fingerprint density at radius 2 is 1.91 bits per heavy atom. The smallest absolute Gasteiger partial charge is 0.163 e. The number of rotatable bonds is 5. The van der Waals surface area contributed by atoms with Gasteiger partial charge < -0.3 is 10.1 Å². The number of nitrogens with one attached hydrogen (secondary N) is 1. The van der Waals surface area contributed by atoms with Gasteiger partial charge >= 0.3 is 0 Å². The third-order valence-electron chi connectivity index (χ3n) is 7.10. The fraction of sp³-hybridized carbons (Fsp3) is 0.393. The monoisotopic (exact) mass is 428 g/mol. The number of aliphatic hydroxyl groups excluding tert-OH is 1. The first-order chi connectivity index (χ1) is 15.4. The number of allylic oxidation sites excluding steroid dienone is 2. The topological polar surface area (TPSA) is 56.3 Å². The van der Waals surface area contributed by atoms with Crippen LogP contribution in [0.5, 0.6) is 0 Å². The molecular formula is C28H32N2O2. The van der Waals surface area contributed by atoms with E-state index in [1.165, 1.54) is 11.1 Å². The van der Waals surface area contributed by atoms with Gasteiger partial charge in [-0.1, -0.05) is 44.2 Å². The summed E-state index contributed by atoms with van der Waals surface area (Å²) in [4.78, 5) is 18.5. The molecule has 1 unspecified atom stereocenters. The van der Waals surface area contributed by atoms with E-state index in [1.807, 2.05) is 0 Å². The molecule has 2 N–H and O–H groups in total. The van der Waals surface area contributed by atoms with Gasteiger partial charge in [-0.2, -0.15) is 0 Å². The average molecular weight is 429 g/mol. The van der Waals surface area contributed by atoms with Gasteiger partial charge in [-0.25, -0.2) is 0 Å². The molecule has 2 aromatic carbocycles. The van der Waals surface area contributed by atoms with Gasteiger partial charge in [0.15, 0.2) is 5.78 Å². The number of aromatic nitrogens is 1. The van der Waals surface area contributed by atoms with Gasteiger partial charge in [-0.15, -0.1) is 0 Å². The van der Waals surface area contributed by atoms with E-state index in [0.717, 1.165) is 60.1 Å². The molecule has 0 radical (unpaired) electrons. The molecule has 5 rings (SSSR count). The van der Waals surface area contributed by atoms with E-state index in [1.54, 1.807) is 0 Å². The van der Waals surface area contributed by atoms with Gasteiger partial charge in [0.2, 0.25) is 0 Å². The molecule has 4 heteroatoms. The lowest BCUT2D eigenvalue weighted by Crippen LogP contribution is -2.31. The molecule has 2 heterocycles. The number of benzene rings is 2. The number of aromatic amines is 1. The fourth-order valence-electron chi connectivity index (χ4n) is 5.21. The fourth-order valence-corrected chi connectivity index (χ4v) is 5.21. The lowest BCUT2D eigenvalue weighted by atomic mass is 9.77. The molecule has 1 atom stereocenters. The van der Waals surface area contributed by atoms with Crippen LogP contribution in [0.15, 0.2) is 54.6 Å². The van der Waals surface area contributed by atoms with E-state index in [4.69, 9.17) is 0 Å². The molecule has 1 aliphatic carbocycles. The van der Waals surface area contributed by atoms with Crippen molar-refractivity contribution in [3.63, 3.8) is 0 Å². The van der Waals surface area contributed by atoms with Crippen LogP contribution in [0.4, 0.5) is 0 Å². The second-order valence-electron chi connectivity index (χ2n) is 10.1. The van der Waals surface area contributed by atoms with Gasteiger partial charge in [-0.3, -0.25) is 9.69 Å². The molecule has 0 spiro atoms. The Labute approximate surface area is 190 Å². The highest BCUT2D eigenvalue weighted by Gasteiger charge is 2.27. The third kappa shape index (κ3) is 4.17. The molecule has 4 nitrogen and oxygen atoms in total. The first-order valence-corrected chi connectivity index (χ1v) is 11.8. The quantitative estimate of drug-likeness (QED) is 0.559. The van der Waals surface area contributed by atoms with Crippen LogP contribution in [0.3, 0.4) is 0 Å². The minimum Gasteiger partial charge on any atom is -0.395 e. The number of hydrogen-bond acceptors (Lipinski definition) is 3. The zero-order chi connectivity index (χ0) is 22.3. The molecule has 3 aromatic rings. The summed E-state index contributed by atoms with van der Waals surface area (Å²) < 4.78 is 0. The van der Waals surface area contributed by atoms with Crippen LogP contribution in [-0.2, 0) is 11.3 Å². The predicted molar refractivity (Wildman–Crippen MR) is 130 cm³/mol. The summed E-state index contributed by atoms with van der Waals surface area (Å²) in [5, 5.41) is 10.8. The van der Waals surface area contributed by atoms with Gasteiger partial charge in [0.05, 0.1) is 6.61 Å². The number of nitrogens with zero attached hydrogens (tertiary/aromatic N) is 1. The van der Waals surface area contributed by atoms with E-state index in [-0.39, 0.29) is 23.8 Å². The Bertz CT molecular complexity index is 1190. The second-order valence-corrected chi connectivity index (χ2v) is 10.1. The first-order valence-electron chi connectivity index (χ1n) is 11.8. The Morgan fingerprint density at radius 1 is 1.09 bits per heavy atom. The Kier molecular flexibility index (Phi) is 5.52. The van der Waals surface area contributed by atoms with Gasteiger partial charge in [0.25, 0.3) is 0 Å². The number of H-pyrrole nitrogens is 1. The second kappa shape index (κ2) is 8.34. The van der Waals surface area contributed by atoms with Crippen molar-refractivity contribution in [2.24, 2.45) is 5.41 Å². The van der Waals surface area contributed by atoms with Crippen LogP contribution >= 0.6 is 0 Å². The average Bonchev–Trinajstić information content (AvgIpc) is 3.41. The Hall–Kier alpha value is -2.69. The molecule has 0 amide bonds. The summed E-state index contributed by atoms with van der Waals surface area (Å²) in [6.07, 6.45) is 5.92. The van der Waals surface area contributed by atoms with Crippen molar-refractivity contribution in [1.29, 1.82) is 0 Å². The standard InChI is InChI=1S/C28H32N2O2/c1-28(2)11-10-27(32)25(16-28)21-6-3-5-19(13-21)20-8-9-26-22(14-20)15-23(29-26)17-30-12-4-7-24(30)18-31/h3,5-6,8-9,13-16,24,29,31H,4,7,10-12,17-18H2,1-2H3. The largest absolute Gasteiger partial charge is 0.395 e. The van der Waals surface area contributed by atoms with Crippen LogP contribution in [0.2, 0.25) is 0 Å². The zero-order valence-corrected chi connectivity index (χ0v) is 19.0. The zero-order valence-electron chi connectivity index (χ0n) is 19.0. The lowest BCUT2D eigenvalue weighted by Gasteiger charge is -2.26. The SMILES string of the molecule is CC1(C)C=C(c2cccc(-c3ccc4[nH]c(CN5CCCC5CO)cc4c3)c2)C(=O)CC1. The van der Waals surface area contributed by atoms with Crippen molar-refractivity contribution in [3.8, 4) is 11.1 Å². The predicted octanol–water partition coefficient (Wildman–Crippen LogP) is 5.56. The molecular weight excluding hydrogens is 396 g/mol. The molecule has 0 bridgehead atoms. The first kappa shape index (κ1) is 21.2.